The molecule has 0 amide bonds. The Balaban J connectivity index is 2.13. The lowest BCUT2D eigenvalue weighted by molar-refractivity contribution is -0.296. The number of halogens is 6. The molecule has 2 aliphatic carbocycles. The van der Waals surface area contributed by atoms with Crippen LogP contribution in [0.25, 0.3) is 0 Å². The first-order valence-electron chi connectivity index (χ1n) is 6.93. The second-order valence-electron chi connectivity index (χ2n) is 6.56. The zero-order valence-corrected chi connectivity index (χ0v) is 11.7. The molecule has 0 aliphatic heterocycles. The molecule has 22 heavy (non-hydrogen) atoms. The first-order chi connectivity index (χ1) is 9.95. The Bertz CT molecular complexity index is 626. The molecule has 0 aromatic heterocycles. The molecule has 0 unspecified atom stereocenters. The molecule has 0 heterocycles. The van der Waals surface area contributed by atoms with Gasteiger partial charge in [0, 0.05) is 11.6 Å². The third-order valence-corrected chi connectivity index (χ3v) is 4.96. The van der Waals surface area contributed by atoms with E-state index in [1.165, 1.54) is 0 Å². The molecule has 0 atom stereocenters. The smallest absolute Gasteiger partial charge is 0.454 e. The predicted molar refractivity (Wildman–Crippen MR) is 66.6 cm³/mol. The lowest BCUT2D eigenvalue weighted by atomic mass is 9.84. The molecule has 1 aromatic carbocycles. The Hall–Kier alpha value is -1.40. The first-order valence-corrected chi connectivity index (χ1v) is 6.93. The van der Waals surface area contributed by atoms with Gasteiger partial charge in [0.15, 0.2) is 0 Å². The number of alkyl halides is 5. The highest BCUT2D eigenvalue weighted by Gasteiger charge is 2.75. The van der Waals surface area contributed by atoms with Gasteiger partial charge in [0.1, 0.15) is 11.6 Å². The van der Waals surface area contributed by atoms with Crippen molar-refractivity contribution >= 4 is 0 Å². The fourth-order valence-corrected chi connectivity index (χ4v) is 3.01. The molecule has 0 radical (unpaired) electrons. The minimum absolute atomic E-state index is 0.101. The minimum Gasteiger partial charge on any atom is -0.508 e. The van der Waals surface area contributed by atoms with E-state index in [4.69, 9.17) is 0 Å². The summed E-state index contributed by atoms with van der Waals surface area (Å²) in [6, 6.07) is 1.66. The molecular formula is C15H14F6O. The third kappa shape index (κ3) is 1.93. The van der Waals surface area contributed by atoms with Crippen molar-refractivity contribution in [3.8, 4) is 5.75 Å². The maximum atomic E-state index is 13.9. The number of hydrogen-bond donors (Lipinski definition) is 1. The van der Waals surface area contributed by atoms with Crippen LogP contribution in [0.5, 0.6) is 5.75 Å². The monoisotopic (exact) mass is 324 g/mol. The summed E-state index contributed by atoms with van der Waals surface area (Å²) in [5.74, 6) is -6.57. The lowest BCUT2D eigenvalue weighted by Crippen LogP contribution is -2.47. The molecule has 0 spiro atoms. The van der Waals surface area contributed by atoms with Gasteiger partial charge in [-0.3, -0.25) is 0 Å². The molecule has 1 nitrogen and oxygen atoms in total. The summed E-state index contributed by atoms with van der Waals surface area (Å²) < 4.78 is 79.8. The van der Waals surface area contributed by atoms with Gasteiger partial charge in [0.05, 0.1) is 5.41 Å². The molecule has 2 aliphatic rings. The molecular weight excluding hydrogens is 310 g/mol. The standard InChI is InChI=1S/C15H14F6O/c1-12(2-3-12)8-6-9(11(22)7-10(8)16)13(4-5-13)14(17,18)15(19,20)21/h6-7,22H,2-5H2,1H3. The van der Waals surface area contributed by atoms with Crippen molar-refractivity contribution in [1.82, 2.24) is 0 Å². The van der Waals surface area contributed by atoms with Gasteiger partial charge >= 0.3 is 12.1 Å². The highest BCUT2D eigenvalue weighted by atomic mass is 19.4. The highest BCUT2D eigenvalue weighted by Crippen LogP contribution is 2.65. The number of phenolic OH excluding ortho intramolecular Hbond substituents is 1. The maximum Gasteiger partial charge on any atom is 0.454 e. The number of phenols is 1. The third-order valence-electron chi connectivity index (χ3n) is 4.96. The van der Waals surface area contributed by atoms with Crippen LogP contribution < -0.4 is 0 Å². The normalized spacial score (nSPS) is 22.5. The summed E-state index contributed by atoms with van der Waals surface area (Å²) in [7, 11) is 0. The van der Waals surface area contributed by atoms with E-state index in [-0.39, 0.29) is 5.56 Å². The summed E-state index contributed by atoms with van der Waals surface area (Å²) in [4.78, 5) is 0. The fourth-order valence-electron chi connectivity index (χ4n) is 3.01. The molecule has 0 bridgehead atoms. The van der Waals surface area contributed by atoms with E-state index in [1.54, 1.807) is 6.92 Å². The Labute approximate surface area is 122 Å². The van der Waals surface area contributed by atoms with Crippen LogP contribution in [0, 0.1) is 5.82 Å². The zero-order chi connectivity index (χ0) is 16.6. The van der Waals surface area contributed by atoms with Crippen molar-refractivity contribution in [1.29, 1.82) is 0 Å². The van der Waals surface area contributed by atoms with Crippen LogP contribution in [0.4, 0.5) is 26.3 Å². The molecule has 122 valence electrons. The fraction of sp³-hybridized carbons (Fsp3) is 0.600. The van der Waals surface area contributed by atoms with Gasteiger partial charge in [-0.2, -0.15) is 22.0 Å². The van der Waals surface area contributed by atoms with E-state index in [2.05, 4.69) is 0 Å². The van der Waals surface area contributed by atoms with Crippen molar-refractivity contribution in [3.05, 3.63) is 29.1 Å². The van der Waals surface area contributed by atoms with E-state index in [1.807, 2.05) is 0 Å². The van der Waals surface area contributed by atoms with Crippen LogP contribution in [0.1, 0.15) is 43.7 Å². The minimum atomic E-state index is -5.71. The van der Waals surface area contributed by atoms with E-state index in [9.17, 15) is 31.4 Å². The van der Waals surface area contributed by atoms with Gasteiger partial charge in [0.2, 0.25) is 0 Å². The van der Waals surface area contributed by atoms with Gasteiger partial charge < -0.3 is 5.11 Å². The van der Waals surface area contributed by atoms with Crippen LogP contribution in [0.3, 0.4) is 0 Å². The lowest BCUT2D eigenvalue weighted by Gasteiger charge is -2.30. The Morgan fingerprint density at radius 3 is 1.91 bits per heavy atom. The van der Waals surface area contributed by atoms with Crippen molar-refractivity contribution in [2.75, 3.05) is 0 Å². The Kier molecular flexibility index (Phi) is 2.90. The van der Waals surface area contributed by atoms with Crippen LogP contribution in [-0.2, 0) is 10.8 Å². The van der Waals surface area contributed by atoms with Crippen molar-refractivity contribution in [2.45, 2.75) is 55.5 Å². The van der Waals surface area contributed by atoms with E-state index < -0.39 is 52.9 Å². The Morgan fingerprint density at radius 1 is 0.955 bits per heavy atom. The summed E-state index contributed by atoms with van der Waals surface area (Å²) >= 11 is 0. The van der Waals surface area contributed by atoms with Crippen LogP contribution in [-0.4, -0.2) is 17.2 Å². The largest absolute Gasteiger partial charge is 0.508 e. The average Bonchev–Trinajstić information content (AvgIpc) is 3.25. The quantitative estimate of drug-likeness (QED) is 0.791. The summed E-state index contributed by atoms with van der Waals surface area (Å²) in [6.45, 7) is 1.72. The van der Waals surface area contributed by atoms with Gasteiger partial charge in [0.25, 0.3) is 0 Å². The van der Waals surface area contributed by atoms with Gasteiger partial charge in [-0.1, -0.05) is 6.92 Å². The van der Waals surface area contributed by atoms with E-state index >= 15 is 0 Å². The number of aromatic hydroxyl groups is 1. The molecule has 3 rings (SSSR count). The first kappa shape index (κ1) is 15.5. The van der Waals surface area contributed by atoms with Crippen LogP contribution in [0.2, 0.25) is 0 Å². The van der Waals surface area contributed by atoms with Crippen LogP contribution >= 0.6 is 0 Å². The van der Waals surface area contributed by atoms with Crippen LogP contribution in [0.15, 0.2) is 12.1 Å². The highest BCUT2D eigenvalue weighted by molar-refractivity contribution is 5.50. The predicted octanol–water partition coefficient (Wildman–Crippen LogP) is 4.81. The molecule has 1 aromatic rings. The number of hydrogen-bond acceptors (Lipinski definition) is 1. The molecule has 7 heteroatoms. The van der Waals surface area contributed by atoms with E-state index in [0.717, 1.165) is 6.07 Å². The number of benzene rings is 1. The maximum absolute atomic E-state index is 13.9. The van der Waals surface area contributed by atoms with Crippen molar-refractivity contribution < 1.29 is 31.4 Å². The van der Waals surface area contributed by atoms with Gasteiger partial charge in [-0.05, 0) is 42.7 Å². The SMILES string of the molecule is CC1(c2cc(C3(C(F)(F)C(F)(F)F)CC3)c(O)cc2F)CC1. The molecule has 2 saturated carbocycles. The van der Waals surface area contributed by atoms with Crippen molar-refractivity contribution in [3.63, 3.8) is 0 Å². The average molecular weight is 324 g/mol. The second-order valence-corrected chi connectivity index (χ2v) is 6.56. The summed E-state index contributed by atoms with van der Waals surface area (Å²) in [6.07, 6.45) is -5.23. The van der Waals surface area contributed by atoms with Gasteiger partial charge in [-0.25, -0.2) is 4.39 Å². The molecule has 0 saturated heterocycles. The van der Waals surface area contributed by atoms with Crippen molar-refractivity contribution in [2.24, 2.45) is 0 Å². The van der Waals surface area contributed by atoms with E-state index in [0.29, 0.717) is 18.9 Å². The van der Waals surface area contributed by atoms with Gasteiger partial charge in [-0.15, -0.1) is 0 Å². The Morgan fingerprint density at radius 2 is 1.50 bits per heavy atom. The molecule has 2 fully saturated rings. The summed E-state index contributed by atoms with van der Waals surface area (Å²) in [5, 5.41) is 9.77. The second kappa shape index (κ2) is 4.11. The summed E-state index contributed by atoms with van der Waals surface area (Å²) in [5.41, 5.74) is -3.43. The zero-order valence-electron chi connectivity index (χ0n) is 11.7. The topological polar surface area (TPSA) is 20.2 Å². The molecule has 1 N–H and O–H groups in total. The number of rotatable bonds is 3.